The molecule has 0 unspecified atom stereocenters. The van der Waals surface area contributed by atoms with E-state index < -0.39 is 0 Å². The fraction of sp³-hybridized carbons (Fsp3) is 0.150. The molecular formula is C20H19N3O3. The summed E-state index contributed by atoms with van der Waals surface area (Å²) in [6.07, 6.45) is 1.52. The first-order chi connectivity index (χ1) is 12.5. The lowest BCUT2D eigenvalue weighted by molar-refractivity contribution is -0.115. The summed E-state index contributed by atoms with van der Waals surface area (Å²) in [4.78, 5) is 24.2. The third-order valence-electron chi connectivity index (χ3n) is 3.93. The summed E-state index contributed by atoms with van der Waals surface area (Å²) < 4.78 is 5.09. The molecule has 2 N–H and O–H groups in total. The molecule has 1 aromatic heterocycles. The SMILES string of the molecule is C/C(CC(=O)Nc1cccc2ccccc12)=N\NC(=O)c1ccoc1C. The van der Waals surface area contributed by atoms with Gasteiger partial charge in [-0.25, -0.2) is 5.43 Å². The average molecular weight is 349 g/mol. The highest BCUT2D eigenvalue weighted by Crippen LogP contribution is 2.23. The van der Waals surface area contributed by atoms with Crippen LogP contribution in [0.4, 0.5) is 5.69 Å². The largest absolute Gasteiger partial charge is 0.469 e. The molecule has 0 bridgehead atoms. The van der Waals surface area contributed by atoms with Gasteiger partial charge < -0.3 is 9.73 Å². The molecule has 0 fully saturated rings. The minimum absolute atomic E-state index is 0.0773. The van der Waals surface area contributed by atoms with E-state index in [1.165, 1.54) is 6.26 Å². The molecule has 2 amide bonds. The minimum Gasteiger partial charge on any atom is -0.469 e. The van der Waals surface area contributed by atoms with Gasteiger partial charge in [0, 0.05) is 16.8 Å². The first kappa shape index (κ1) is 17.4. The Labute approximate surface area is 150 Å². The van der Waals surface area contributed by atoms with Crippen molar-refractivity contribution in [1.82, 2.24) is 5.43 Å². The van der Waals surface area contributed by atoms with Crippen LogP contribution in [0.2, 0.25) is 0 Å². The number of nitrogens with zero attached hydrogens (tertiary/aromatic N) is 1. The van der Waals surface area contributed by atoms with Crippen LogP contribution < -0.4 is 10.7 Å². The van der Waals surface area contributed by atoms with Crippen molar-refractivity contribution in [3.63, 3.8) is 0 Å². The number of aryl methyl sites for hydroxylation is 1. The third-order valence-corrected chi connectivity index (χ3v) is 3.93. The van der Waals surface area contributed by atoms with Crippen LogP contribution >= 0.6 is 0 Å². The van der Waals surface area contributed by atoms with Crippen molar-refractivity contribution in [3.05, 3.63) is 66.1 Å². The number of nitrogens with one attached hydrogen (secondary N) is 2. The monoisotopic (exact) mass is 349 g/mol. The predicted molar refractivity (Wildman–Crippen MR) is 101 cm³/mol. The van der Waals surface area contributed by atoms with Crippen LogP contribution in [0.1, 0.15) is 29.5 Å². The van der Waals surface area contributed by atoms with Gasteiger partial charge in [0.25, 0.3) is 5.91 Å². The highest BCUT2D eigenvalue weighted by atomic mass is 16.3. The van der Waals surface area contributed by atoms with Crippen molar-refractivity contribution >= 4 is 34.0 Å². The number of furan rings is 1. The number of hydrazone groups is 1. The molecule has 0 saturated heterocycles. The van der Waals surface area contributed by atoms with Crippen molar-refractivity contribution in [2.45, 2.75) is 20.3 Å². The molecule has 26 heavy (non-hydrogen) atoms. The Morgan fingerprint density at radius 3 is 2.62 bits per heavy atom. The second-order valence-electron chi connectivity index (χ2n) is 5.93. The standard InChI is InChI=1S/C20H19N3O3/c1-13(22-23-20(25)16-10-11-26-14(16)2)12-19(24)21-18-9-5-7-15-6-3-4-8-17(15)18/h3-11H,12H2,1-2H3,(H,21,24)(H,23,25)/b22-13+. The molecule has 2 aromatic carbocycles. The maximum absolute atomic E-state index is 12.3. The Hall–Kier alpha value is -3.41. The summed E-state index contributed by atoms with van der Waals surface area (Å²) >= 11 is 0. The van der Waals surface area contributed by atoms with E-state index in [2.05, 4.69) is 15.8 Å². The topological polar surface area (TPSA) is 83.7 Å². The second-order valence-corrected chi connectivity index (χ2v) is 5.93. The number of hydrogen-bond acceptors (Lipinski definition) is 4. The van der Waals surface area contributed by atoms with Crippen molar-refractivity contribution in [3.8, 4) is 0 Å². The molecule has 0 saturated carbocycles. The van der Waals surface area contributed by atoms with Gasteiger partial charge in [0.15, 0.2) is 0 Å². The summed E-state index contributed by atoms with van der Waals surface area (Å²) in [5.41, 5.74) is 4.10. The lowest BCUT2D eigenvalue weighted by Gasteiger charge is -2.08. The Balaban J connectivity index is 1.62. The van der Waals surface area contributed by atoms with Crippen LogP contribution in [0.3, 0.4) is 0 Å². The van der Waals surface area contributed by atoms with Crippen molar-refractivity contribution < 1.29 is 14.0 Å². The van der Waals surface area contributed by atoms with E-state index >= 15 is 0 Å². The predicted octanol–water partition coefficient (Wildman–Crippen LogP) is 3.88. The van der Waals surface area contributed by atoms with Gasteiger partial charge in [-0.05, 0) is 31.4 Å². The molecule has 3 aromatic rings. The molecule has 0 spiro atoms. The minimum atomic E-state index is -0.370. The Morgan fingerprint density at radius 2 is 1.85 bits per heavy atom. The Morgan fingerprint density at radius 1 is 1.08 bits per heavy atom. The molecule has 0 aliphatic heterocycles. The van der Waals surface area contributed by atoms with Crippen molar-refractivity contribution in [2.24, 2.45) is 5.10 Å². The smallest absolute Gasteiger partial charge is 0.274 e. The maximum Gasteiger partial charge on any atom is 0.274 e. The maximum atomic E-state index is 12.3. The number of anilines is 1. The van der Waals surface area contributed by atoms with Gasteiger partial charge in [0.05, 0.1) is 18.2 Å². The van der Waals surface area contributed by atoms with E-state index in [1.807, 2.05) is 42.5 Å². The van der Waals surface area contributed by atoms with E-state index in [4.69, 9.17) is 4.42 Å². The highest BCUT2D eigenvalue weighted by Gasteiger charge is 2.11. The van der Waals surface area contributed by atoms with Crippen LogP contribution in [0.15, 0.2) is 64.3 Å². The fourth-order valence-electron chi connectivity index (χ4n) is 2.63. The van der Waals surface area contributed by atoms with Crippen LogP contribution in [-0.4, -0.2) is 17.5 Å². The molecular weight excluding hydrogens is 330 g/mol. The van der Waals surface area contributed by atoms with Gasteiger partial charge in [0.1, 0.15) is 5.76 Å². The number of carbonyl (C=O) groups excluding carboxylic acids is 2. The number of rotatable bonds is 5. The first-order valence-corrected chi connectivity index (χ1v) is 8.20. The van der Waals surface area contributed by atoms with E-state index in [1.54, 1.807) is 19.9 Å². The normalized spacial score (nSPS) is 11.4. The molecule has 0 atom stereocenters. The molecule has 0 aliphatic rings. The Kier molecular flexibility index (Phi) is 5.12. The van der Waals surface area contributed by atoms with Gasteiger partial charge in [-0.3, -0.25) is 9.59 Å². The molecule has 0 aliphatic carbocycles. The van der Waals surface area contributed by atoms with Crippen LogP contribution in [0.5, 0.6) is 0 Å². The van der Waals surface area contributed by atoms with E-state index in [0.717, 1.165) is 16.5 Å². The van der Waals surface area contributed by atoms with E-state index in [-0.39, 0.29) is 18.2 Å². The zero-order chi connectivity index (χ0) is 18.5. The highest BCUT2D eigenvalue weighted by molar-refractivity contribution is 6.09. The summed E-state index contributed by atoms with van der Waals surface area (Å²) in [6.45, 7) is 3.38. The summed E-state index contributed by atoms with van der Waals surface area (Å²) in [5.74, 6) is -0.0505. The lowest BCUT2D eigenvalue weighted by Crippen LogP contribution is -2.21. The number of hydrogen-bond donors (Lipinski definition) is 2. The zero-order valence-electron chi connectivity index (χ0n) is 14.6. The number of carbonyl (C=O) groups is 2. The summed E-state index contributed by atoms with van der Waals surface area (Å²) in [5, 5.41) is 8.90. The first-order valence-electron chi connectivity index (χ1n) is 8.20. The summed E-state index contributed by atoms with van der Waals surface area (Å²) in [7, 11) is 0. The quantitative estimate of drug-likeness (QED) is 0.542. The zero-order valence-corrected chi connectivity index (χ0v) is 14.6. The fourth-order valence-corrected chi connectivity index (χ4v) is 2.63. The van der Waals surface area contributed by atoms with Crippen LogP contribution in [0.25, 0.3) is 10.8 Å². The molecule has 6 heteroatoms. The molecule has 132 valence electrons. The van der Waals surface area contributed by atoms with Crippen molar-refractivity contribution in [2.75, 3.05) is 5.32 Å². The number of fused-ring (bicyclic) bond motifs is 1. The van der Waals surface area contributed by atoms with Crippen LogP contribution in [0, 0.1) is 6.92 Å². The van der Waals surface area contributed by atoms with Crippen LogP contribution in [-0.2, 0) is 4.79 Å². The third kappa shape index (κ3) is 3.97. The Bertz CT molecular complexity index is 983. The van der Waals surface area contributed by atoms with Crippen molar-refractivity contribution in [1.29, 1.82) is 0 Å². The average Bonchev–Trinajstić information content (AvgIpc) is 3.06. The van der Waals surface area contributed by atoms with Gasteiger partial charge >= 0.3 is 0 Å². The van der Waals surface area contributed by atoms with Gasteiger partial charge in [-0.1, -0.05) is 36.4 Å². The van der Waals surface area contributed by atoms with Gasteiger partial charge in [-0.2, -0.15) is 5.10 Å². The second kappa shape index (κ2) is 7.65. The lowest BCUT2D eigenvalue weighted by atomic mass is 10.1. The van der Waals surface area contributed by atoms with Gasteiger partial charge in [-0.15, -0.1) is 0 Å². The number of benzene rings is 2. The molecule has 6 nitrogen and oxygen atoms in total. The molecule has 3 rings (SSSR count). The van der Waals surface area contributed by atoms with E-state index in [0.29, 0.717) is 17.0 Å². The van der Waals surface area contributed by atoms with E-state index in [9.17, 15) is 9.59 Å². The molecule has 1 heterocycles. The summed E-state index contributed by atoms with van der Waals surface area (Å²) in [6, 6.07) is 15.1. The molecule has 0 radical (unpaired) electrons. The van der Waals surface area contributed by atoms with Gasteiger partial charge in [0.2, 0.25) is 5.91 Å². The number of amides is 2.